The smallest absolute Gasteiger partial charge is 0.303 e. The summed E-state index contributed by atoms with van der Waals surface area (Å²) in [5, 5.41) is 9.57. The number of benzene rings is 2. The lowest BCUT2D eigenvalue weighted by molar-refractivity contribution is -0.146. The molecule has 2 heterocycles. The van der Waals surface area contributed by atoms with E-state index in [9.17, 15) is 28.8 Å². The Morgan fingerprint density at radius 2 is 1.32 bits per heavy atom. The topological polar surface area (TPSA) is 183 Å². The number of carbonyl (C=O) groups excluding carboxylic acids is 6. The number of hydrogen-bond donors (Lipinski definition) is 4. The molecule has 3 aromatic rings. The maximum atomic E-state index is 14.4. The molecule has 0 radical (unpaired) electrons. The number of hydrogen-bond acceptors (Lipinski definition) is 9. The van der Waals surface area contributed by atoms with Gasteiger partial charge in [-0.25, -0.2) is 9.99 Å². The van der Waals surface area contributed by atoms with Crippen LogP contribution < -0.4 is 21.4 Å². The molecule has 62 heavy (non-hydrogen) atoms. The molecule has 14 nitrogen and oxygen atoms in total. The van der Waals surface area contributed by atoms with Crippen LogP contribution in [0.15, 0.2) is 79.3 Å². The number of likely N-dealkylation sites (tertiary alicyclic amines) is 1. The van der Waals surface area contributed by atoms with Gasteiger partial charge in [-0.1, -0.05) is 153 Å². The van der Waals surface area contributed by atoms with Gasteiger partial charge in [0.25, 0.3) is 5.91 Å². The lowest BCUT2D eigenvalue weighted by atomic mass is 9.83. The predicted octanol–water partition coefficient (Wildman–Crippen LogP) is 6.07. The van der Waals surface area contributed by atoms with Crippen LogP contribution in [0.4, 0.5) is 0 Å². The molecule has 4 N–H and O–H groups in total. The van der Waals surface area contributed by atoms with E-state index in [1.807, 2.05) is 81.4 Å². The summed E-state index contributed by atoms with van der Waals surface area (Å²) in [6, 6.07) is 16.9. The van der Waals surface area contributed by atoms with Crippen molar-refractivity contribution < 1.29 is 28.8 Å². The molecule has 0 bridgehead atoms. The van der Waals surface area contributed by atoms with Crippen LogP contribution in [0, 0.1) is 11.3 Å². The van der Waals surface area contributed by atoms with Crippen molar-refractivity contribution in [2.75, 3.05) is 13.1 Å². The van der Waals surface area contributed by atoms with Crippen LogP contribution in [0.2, 0.25) is 0 Å². The predicted molar refractivity (Wildman–Crippen MR) is 239 cm³/mol. The van der Waals surface area contributed by atoms with Crippen LogP contribution in [0.5, 0.6) is 0 Å². The Kier molecular flexibility index (Phi) is 20.2. The number of Topliss-reactive ketones (excluding diaryl/α,β-unsaturated/α-hetero) is 1. The van der Waals surface area contributed by atoms with Gasteiger partial charge in [0.2, 0.25) is 23.5 Å². The van der Waals surface area contributed by atoms with Gasteiger partial charge >= 0.3 is 5.91 Å². The third-order valence-electron chi connectivity index (χ3n) is 11.1. The van der Waals surface area contributed by atoms with E-state index >= 15 is 0 Å². The molecule has 4 unspecified atom stereocenters. The van der Waals surface area contributed by atoms with Crippen molar-refractivity contribution in [1.29, 1.82) is 0 Å². The van der Waals surface area contributed by atoms with Crippen LogP contribution in [0.25, 0.3) is 0 Å². The number of ketones is 1. The Bertz CT molecular complexity index is 1820. The fourth-order valence-corrected chi connectivity index (χ4v) is 8.06. The summed E-state index contributed by atoms with van der Waals surface area (Å²) >= 11 is 0. The zero-order chi connectivity index (χ0) is 44.9. The average molecular weight is 853 g/mol. The van der Waals surface area contributed by atoms with E-state index in [1.165, 1.54) is 63.5 Å². The first-order valence-corrected chi connectivity index (χ1v) is 22.4. The van der Waals surface area contributed by atoms with Crippen LogP contribution >= 0.6 is 0 Å². The summed E-state index contributed by atoms with van der Waals surface area (Å²) in [6.07, 6.45) is 18.1. The summed E-state index contributed by atoms with van der Waals surface area (Å²) in [5.74, 6) is -3.74. The minimum atomic E-state index is -1.02. The third-order valence-corrected chi connectivity index (χ3v) is 11.1. The van der Waals surface area contributed by atoms with Gasteiger partial charge in [0, 0.05) is 31.5 Å². The molecule has 1 aliphatic heterocycles. The number of fused-ring (bicyclic) bond motifs is 1. The highest BCUT2D eigenvalue weighted by atomic mass is 16.2. The first kappa shape index (κ1) is 49.2. The van der Waals surface area contributed by atoms with Crippen molar-refractivity contribution in [3.05, 3.63) is 96.1 Å². The van der Waals surface area contributed by atoms with Gasteiger partial charge in [0.1, 0.15) is 17.8 Å². The minimum absolute atomic E-state index is 0.0469. The normalized spacial score (nSPS) is 18.6. The molecule has 3 fully saturated rings. The number of aromatic nitrogens is 2. The molecule has 0 spiro atoms. The molecule has 1 saturated heterocycles. The van der Waals surface area contributed by atoms with E-state index in [4.69, 9.17) is 0 Å². The van der Waals surface area contributed by atoms with Crippen LogP contribution in [0.1, 0.15) is 133 Å². The molecular formula is C48H68N8O6. The molecule has 14 heteroatoms. The van der Waals surface area contributed by atoms with Gasteiger partial charge in [0.05, 0.1) is 19.3 Å². The molecule has 5 amide bonds. The van der Waals surface area contributed by atoms with Crippen molar-refractivity contribution in [1.82, 2.24) is 41.3 Å². The van der Waals surface area contributed by atoms with Crippen LogP contribution in [-0.2, 0) is 37.1 Å². The Labute approximate surface area is 367 Å². The number of carbonyl (C=O) groups is 6. The molecule has 2 aromatic carbocycles. The maximum Gasteiger partial charge on any atom is 0.303 e. The molecule has 336 valence electrons. The van der Waals surface area contributed by atoms with Gasteiger partial charge in [-0.15, -0.1) is 0 Å². The first-order chi connectivity index (χ1) is 29.8. The zero-order valence-electron chi connectivity index (χ0n) is 37.4. The van der Waals surface area contributed by atoms with Crippen LogP contribution in [0.3, 0.4) is 0 Å². The highest BCUT2D eigenvalue weighted by Gasteiger charge is 2.50. The summed E-state index contributed by atoms with van der Waals surface area (Å²) in [6.45, 7) is 9.44. The van der Waals surface area contributed by atoms with Gasteiger partial charge in [0.15, 0.2) is 0 Å². The van der Waals surface area contributed by atoms with E-state index in [1.54, 1.807) is 9.91 Å². The van der Waals surface area contributed by atoms with Crippen molar-refractivity contribution in [2.45, 2.75) is 143 Å². The number of hydrazine groups is 1. The van der Waals surface area contributed by atoms with E-state index in [0.717, 1.165) is 30.4 Å². The molecule has 2 aliphatic carbocycles. The molecule has 6 rings (SSSR count). The fourth-order valence-electron chi connectivity index (χ4n) is 8.06. The number of nitrogens with zero attached hydrogens (tertiary/aromatic N) is 4. The fraction of sp³-hybridized carbons (Fsp3) is 0.542. The largest absolute Gasteiger partial charge is 0.347 e. The third kappa shape index (κ3) is 15.8. The summed E-state index contributed by atoms with van der Waals surface area (Å²) < 4.78 is 0. The van der Waals surface area contributed by atoms with Gasteiger partial charge in [-0.3, -0.25) is 39.2 Å². The SMILES string of the molecule is C1CCCCC1.CC(C)(C)C(NC(=O)CNC(=O)c1cnccn1)C(=O)N1C(C(=O)NCC(=O)C(=O)NN(Cc2ccccc2)Cc2ccccc2)CC2CCCCC21.CCC. The van der Waals surface area contributed by atoms with Crippen molar-refractivity contribution in [3.8, 4) is 0 Å². The quantitative estimate of drug-likeness (QED) is 0.111. The van der Waals surface area contributed by atoms with Crippen molar-refractivity contribution >= 4 is 35.3 Å². The molecule has 1 aromatic heterocycles. The van der Waals surface area contributed by atoms with Crippen LogP contribution in [-0.4, -0.2) is 86.4 Å². The Balaban J connectivity index is 0.000000842. The van der Waals surface area contributed by atoms with E-state index < -0.39 is 65.9 Å². The molecular weight excluding hydrogens is 785 g/mol. The summed E-state index contributed by atoms with van der Waals surface area (Å²) in [7, 11) is 0. The first-order valence-electron chi connectivity index (χ1n) is 22.4. The number of nitrogens with one attached hydrogen (secondary N) is 4. The lowest BCUT2D eigenvalue weighted by Crippen LogP contribution is -2.60. The van der Waals surface area contributed by atoms with E-state index in [2.05, 4.69) is 45.2 Å². The Morgan fingerprint density at radius 1 is 0.758 bits per heavy atom. The van der Waals surface area contributed by atoms with E-state index in [-0.39, 0.29) is 17.7 Å². The second-order valence-electron chi connectivity index (χ2n) is 17.5. The highest BCUT2D eigenvalue weighted by molar-refractivity contribution is 6.37. The van der Waals surface area contributed by atoms with Crippen molar-refractivity contribution in [2.24, 2.45) is 11.3 Å². The minimum Gasteiger partial charge on any atom is -0.347 e. The monoisotopic (exact) mass is 853 g/mol. The van der Waals surface area contributed by atoms with Crippen molar-refractivity contribution in [3.63, 3.8) is 0 Å². The Hall–Kier alpha value is -5.50. The lowest BCUT2D eigenvalue weighted by Gasteiger charge is -2.39. The van der Waals surface area contributed by atoms with Gasteiger partial charge in [-0.2, -0.15) is 0 Å². The van der Waals surface area contributed by atoms with Gasteiger partial charge in [-0.05, 0) is 41.7 Å². The molecule has 4 atom stereocenters. The standard InChI is InChI=1S/C39H48N8O6.C6H12.C3H8/c1-39(2,3)34(44-33(49)23-43-35(50)29-21-40-18-19-41-29)38(53)47-30-17-11-10-16-28(30)20-31(47)36(51)42-22-32(48)37(52)45-46(24-26-12-6-4-7-13-26)25-27-14-8-5-9-15-27;1-2-4-6-5-3-1;1-3-2/h4-9,12-15,18-19,21,28,30-31,34H,10-11,16-17,20,22-25H2,1-3H3,(H,42,51)(H,43,50)(H,44,49)(H,45,52);1-6H2;3H2,1-2H3. The highest BCUT2D eigenvalue weighted by Crippen LogP contribution is 2.41. The average Bonchev–Trinajstić information content (AvgIpc) is 3.68. The molecule has 3 aliphatic rings. The number of rotatable bonds is 14. The molecule has 2 saturated carbocycles. The van der Waals surface area contributed by atoms with Gasteiger partial charge < -0.3 is 20.9 Å². The number of amides is 5. The second-order valence-corrected chi connectivity index (χ2v) is 17.5. The second kappa shape index (κ2) is 25.4. The summed E-state index contributed by atoms with van der Waals surface area (Å²) in [4.78, 5) is 89.3. The zero-order valence-corrected chi connectivity index (χ0v) is 37.4. The van der Waals surface area contributed by atoms with E-state index in [0.29, 0.717) is 25.9 Å². The summed E-state index contributed by atoms with van der Waals surface area (Å²) in [5.41, 5.74) is 3.88. The maximum absolute atomic E-state index is 14.4. The Morgan fingerprint density at radius 3 is 1.85 bits per heavy atom.